The molecule has 1 aromatic rings. The molecule has 0 unspecified atom stereocenters. The summed E-state index contributed by atoms with van der Waals surface area (Å²) in [6.07, 6.45) is 10.2. The predicted octanol–water partition coefficient (Wildman–Crippen LogP) is 3.48. The number of imidazole rings is 1. The lowest BCUT2D eigenvalue weighted by Crippen LogP contribution is -2.10. The number of unbranched alkanes of at least 4 members (excludes halogenated alkanes) is 1. The summed E-state index contributed by atoms with van der Waals surface area (Å²) >= 11 is 0. The molecule has 0 saturated carbocycles. The Morgan fingerprint density at radius 2 is 2.11 bits per heavy atom. The molecule has 3 nitrogen and oxygen atoms in total. The Morgan fingerprint density at radius 1 is 1.33 bits per heavy atom. The fraction of sp³-hybridized carbons (Fsp3) is 0.733. The summed E-state index contributed by atoms with van der Waals surface area (Å²) < 4.78 is 2.33. The Bertz CT molecular complexity index is 437. The van der Waals surface area contributed by atoms with Crippen LogP contribution in [0.15, 0.2) is 6.33 Å². The second kappa shape index (κ2) is 5.56. The average molecular weight is 245 g/mol. The van der Waals surface area contributed by atoms with Gasteiger partial charge in [0.1, 0.15) is 0 Å². The van der Waals surface area contributed by atoms with Gasteiger partial charge in [0.05, 0.1) is 23.5 Å². The molecule has 3 heteroatoms. The molecule has 0 aliphatic heterocycles. The van der Waals surface area contributed by atoms with Crippen molar-refractivity contribution in [3.63, 3.8) is 0 Å². The molecule has 0 amide bonds. The van der Waals surface area contributed by atoms with E-state index >= 15 is 0 Å². The van der Waals surface area contributed by atoms with Gasteiger partial charge in [-0.3, -0.25) is 0 Å². The van der Waals surface area contributed by atoms with Gasteiger partial charge in [-0.2, -0.15) is 5.26 Å². The molecular weight excluding hydrogens is 222 g/mol. The minimum atomic E-state index is -0.172. The predicted molar refractivity (Wildman–Crippen MR) is 72.1 cm³/mol. The van der Waals surface area contributed by atoms with Crippen molar-refractivity contribution in [1.29, 1.82) is 5.26 Å². The van der Waals surface area contributed by atoms with Crippen LogP contribution in [0.3, 0.4) is 0 Å². The van der Waals surface area contributed by atoms with Gasteiger partial charge in [-0.15, -0.1) is 0 Å². The molecule has 98 valence electrons. The van der Waals surface area contributed by atoms with Gasteiger partial charge in [0.15, 0.2) is 0 Å². The highest BCUT2D eigenvalue weighted by Crippen LogP contribution is 2.23. The van der Waals surface area contributed by atoms with Crippen LogP contribution in [0.5, 0.6) is 0 Å². The third-order valence-corrected chi connectivity index (χ3v) is 3.86. The molecule has 0 N–H and O–H groups in total. The lowest BCUT2D eigenvalue weighted by Gasteiger charge is -2.16. The number of hydrogen-bond acceptors (Lipinski definition) is 2. The highest BCUT2D eigenvalue weighted by molar-refractivity contribution is 5.16. The number of rotatable bonds is 5. The highest BCUT2D eigenvalue weighted by Gasteiger charge is 2.17. The number of aryl methyl sites for hydroxylation is 2. The van der Waals surface area contributed by atoms with E-state index in [2.05, 4.69) is 15.6 Å². The normalized spacial score (nSPS) is 15.2. The van der Waals surface area contributed by atoms with Crippen molar-refractivity contribution in [2.24, 2.45) is 5.41 Å². The molecule has 0 fully saturated rings. The fourth-order valence-electron chi connectivity index (χ4n) is 2.63. The number of aromatic nitrogens is 2. The van der Waals surface area contributed by atoms with Gasteiger partial charge in [0.2, 0.25) is 0 Å². The van der Waals surface area contributed by atoms with Crippen LogP contribution in [-0.2, 0) is 19.4 Å². The van der Waals surface area contributed by atoms with Crippen LogP contribution in [0.1, 0.15) is 57.3 Å². The summed E-state index contributed by atoms with van der Waals surface area (Å²) in [4.78, 5) is 4.51. The van der Waals surface area contributed by atoms with E-state index in [0.717, 1.165) is 32.2 Å². The van der Waals surface area contributed by atoms with Gasteiger partial charge >= 0.3 is 0 Å². The van der Waals surface area contributed by atoms with Crippen LogP contribution in [0.4, 0.5) is 0 Å². The molecule has 2 rings (SSSR count). The minimum absolute atomic E-state index is 0.172. The lowest BCUT2D eigenvalue weighted by atomic mass is 9.89. The van der Waals surface area contributed by atoms with Crippen molar-refractivity contribution in [2.45, 2.75) is 65.3 Å². The first-order chi connectivity index (χ1) is 8.62. The first-order valence-corrected chi connectivity index (χ1v) is 7.06. The molecule has 0 bridgehead atoms. The zero-order valence-corrected chi connectivity index (χ0v) is 11.6. The van der Waals surface area contributed by atoms with Crippen LogP contribution in [-0.4, -0.2) is 9.55 Å². The van der Waals surface area contributed by atoms with Gasteiger partial charge in [0.25, 0.3) is 0 Å². The van der Waals surface area contributed by atoms with E-state index in [1.807, 2.05) is 20.2 Å². The second-order valence-electron chi connectivity index (χ2n) is 5.99. The third-order valence-electron chi connectivity index (χ3n) is 3.86. The van der Waals surface area contributed by atoms with E-state index in [0.29, 0.717) is 0 Å². The van der Waals surface area contributed by atoms with E-state index in [1.54, 1.807) is 0 Å². The van der Waals surface area contributed by atoms with Gasteiger partial charge in [-0.25, -0.2) is 4.98 Å². The third kappa shape index (κ3) is 3.13. The minimum Gasteiger partial charge on any atom is -0.334 e. The Hall–Kier alpha value is -1.30. The van der Waals surface area contributed by atoms with Gasteiger partial charge in [-0.05, 0) is 52.4 Å². The summed E-state index contributed by atoms with van der Waals surface area (Å²) in [6, 6.07) is 2.37. The average Bonchev–Trinajstić information content (AvgIpc) is 2.78. The molecule has 1 aromatic heterocycles. The Labute approximate surface area is 110 Å². The maximum Gasteiger partial charge on any atom is 0.0951 e. The fourth-order valence-corrected chi connectivity index (χ4v) is 2.63. The monoisotopic (exact) mass is 245 g/mol. The maximum absolute atomic E-state index is 8.97. The molecule has 18 heavy (non-hydrogen) atoms. The van der Waals surface area contributed by atoms with Crippen molar-refractivity contribution in [3.8, 4) is 6.07 Å². The van der Waals surface area contributed by atoms with Gasteiger partial charge in [0, 0.05) is 12.2 Å². The molecule has 1 aliphatic rings. The van der Waals surface area contributed by atoms with Crippen LogP contribution in [0, 0.1) is 16.7 Å². The van der Waals surface area contributed by atoms with E-state index < -0.39 is 0 Å². The van der Waals surface area contributed by atoms with Crippen molar-refractivity contribution in [3.05, 3.63) is 17.7 Å². The summed E-state index contributed by atoms with van der Waals surface area (Å²) in [6.45, 7) is 5.10. The Morgan fingerprint density at radius 3 is 2.89 bits per heavy atom. The lowest BCUT2D eigenvalue weighted by molar-refractivity contribution is 0.415. The number of hydrogen-bond donors (Lipinski definition) is 0. The molecule has 0 radical (unpaired) electrons. The van der Waals surface area contributed by atoms with E-state index in [4.69, 9.17) is 5.26 Å². The van der Waals surface area contributed by atoms with Crippen molar-refractivity contribution in [2.75, 3.05) is 0 Å². The van der Waals surface area contributed by atoms with Crippen molar-refractivity contribution in [1.82, 2.24) is 9.55 Å². The van der Waals surface area contributed by atoms with Gasteiger partial charge in [-0.1, -0.05) is 6.42 Å². The van der Waals surface area contributed by atoms with Crippen LogP contribution in [0.2, 0.25) is 0 Å². The zero-order valence-electron chi connectivity index (χ0n) is 11.6. The van der Waals surface area contributed by atoms with Crippen LogP contribution >= 0.6 is 0 Å². The highest BCUT2D eigenvalue weighted by atomic mass is 15.1. The molecule has 0 atom stereocenters. The van der Waals surface area contributed by atoms with E-state index in [9.17, 15) is 0 Å². The number of nitriles is 1. The summed E-state index contributed by atoms with van der Waals surface area (Å²) in [5.74, 6) is 0. The second-order valence-corrected chi connectivity index (χ2v) is 5.99. The Kier molecular flexibility index (Phi) is 4.06. The van der Waals surface area contributed by atoms with Crippen molar-refractivity contribution >= 4 is 0 Å². The van der Waals surface area contributed by atoms with Gasteiger partial charge < -0.3 is 4.57 Å². The standard InChI is InChI=1S/C15H23N3/c1-15(2,11-16)9-5-6-10-18-12-17-13-7-3-4-8-14(13)18/h12H,3-10H2,1-2H3. The number of nitrogens with zero attached hydrogens (tertiary/aromatic N) is 3. The Balaban J connectivity index is 1.81. The maximum atomic E-state index is 8.97. The zero-order chi connectivity index (χ0) is 13.0. The first-order valence-electron chi connectivity index (χ1n) is 7.06. The quantitative estimate of drug-likeness (QED) is 0.745. The molecule has 0 saturated heterocycles. The SMILES string of the molecule is CC(C)(C#N)CCCCn1cnc2c1CCCC2. The summed E-state index contributed by atoms with van der Waals surface area (Å²) in [7, 11) is 0. The molecule has 1 heterocycles. The molecule has 0 spiro atoms. The molecule has 1 aliphatic carbocycles. The van der Waals surface area contributed by atoms with E-state index in [1.165, 1.54) is 30.7 Å². The first kappa shape index (κ1) is 13.1. The van der Waals surface area contributed by atoms with Crippen LogP contribution < -0.4 is 0 Å². The van der Waals surface area contributed by atoms with Crippen molar-refractivity contribution < 1.29 is 0 Å². The van der Waals surface area contributed by atoms with Crippen LogP contribution in [0.25, 0.3) is 0 Å². The topological polar surface area (TPSA) is 41.6 Å². The molecular formula is C15H23N3. The van der Waals surface area contributed by atoms with E-state index in [-0.39, 0.29) is 5.41 Å². The smallest absolute Gasteiger partial charge is 0.0951 e. The largest absolute Gasteiger partial charge is 0.334 e. The summed E-state index contributed by atoms with van der Waals surface area (Å²) in [5, 5.41) is 8.97. The molecule has 0 aromatic carbocycles. The summed E-state index contributed by atoms with van der Waals surface area (Å²) in [5.41, 5.74) is 2.60. The number of fused-ring (bicyclic) bond motifs is 1.